The Balaban J connectivity index is 2.13. The molecule has 1 spiro atoms. The van der Waals surface area contributed by atoms with Crippen LogP contribution in [0.5, 0.6) is 11.5 Å². The van der Waals surface area contributed by atoms with Crippen LogP contribution in [0.3, 0.4) is 0 Å². The average molecular weight is 332 g/mol. The fraction of sp³-hybridized carbons (Fsp3) is 0.579. The Morgan fingerprint density at radius 3 is 2.58 bits per heavy atom. The van der Waals surface area contributed by atoms with Crippen molar-refractivity contribution in [2.45, 2.75) is 59.4 Å². The fourth-order valence-corrected chi connectivity index (χ4v) is 3.96. The number of ketones is 2. The van der Waals surface area contributed by atoms with E-state index in [0.717, 1.165) is 5.56 Å². The number of rotatable bonds is 1. The number of phenolic OH excluding ortho intramolecular Hbond substituents is 1. The van der Waals surface area contributed by atoms with Gasteiger partial charge in [0.25, 0.3) is 0 Å². The average Bonchev–Trinajstić information content (AvgIpc) is 2.49. The summed E-state index contributed by atoms with van der Waals surface area (Å²) in [6.45, 7) is 8.95. The smallest absolute Gasteiger partial charge is 0.223 e. The van der Waals surface area contributed by atoms with Crippen LogP contribution in [0.1, 0.15) is 55.6 Å². The van der Waals surface area contributed by atoms with Gasteiger partial charge in [-0.1, -0.05) is 6.92 Å². The first-order valence-electron chi connectivity index (χ1n) is 8.43. The number of phenols is 1. The number of benzene rings is 1. The van der Waals surface area contributed by atoms with E-state index in [4.69, 9.17) is 9.47 Å². The summed E-state index contributed by atoms with van der Waals surface area (Å²) in [5.74, 6) is -1.07. The van der Waals surface area contributed by atoms with Crippen molar-refractivity contribution in [1.29, 1.82) is 0 Å². The summed E-state index contributed by atoms with van der Waals surface area (Å²) in [7, 11) is 0. The Labute approximate surface area is 142 Å². The van der Waals surface area contributed by atoms with Crippen LogP contribution in [-0.2, 0) is 16.0 Å². The zero-order valence-electron chi connectivity index (χ0n) is 14.8. The zero-order valence-corrected chi connectivity index (χ0v) is 14.8. The fourth-order valence-electron chi connectivity index (χ4n) is 3.96. The molecule has 1 fully saturated rings. The highest BCUT2D eigenvalue weighted by molar-refractivity contribution is 5.98. The van der Waals surface area contributed by atoms with Gasteiger partial charge in [0, 0.05) is 17.9 Å². The van der Waals surface area contributed by atoms with Crippen LogP contribution in [0.4, 0.5) is 0 Å². The molecule has 0 radical (unpaired) electrons. The summed E-state index contributed by atoms with van der Waals surface area (Å²) in [5.41, 5.74) is 1.70. The van der Waals surface area contributed by atoms with Crippen molar-refractivity contribution >= 4 is 11.6 Å². The van der Waals surface area contributed by atoms with Crippen LogP contribution in [0.15, 0.2) is 6.07 Å². The first-order chi connectivity index (χ1) is 11.2. The summed E-state index contributed by atoms with van der Waals surface area (Å²) >= 11 is 0. The van der Waals surface area contributed by atoms with Crippen LogP contribution in [0.2, 0.25) is 0 Å². The number of carbonyl (C=O) groups is 2. The van der Waals surface area contributed by atoms with E-state index in [-0.39, 0.29) is 35.3 Å². The topological polar surface area (TPSA) is 72.8 Å². The molecule has 1 N–H and O–H groups in total. The minimum absolute atomic E-state index is 0.0207. The molecule has 130 valence electrons. The molecule has 5 nitrogen and oxygen atoms in total. The molecule has 2 aliphatic rings. The van der Waals surface area contributed by atoms with E-state index in [9.17, 15) is 14.7 Å². The van der Waals surface area contributed by atoms with E-state index in [2.05, 4.69) is 0 Å². The van der Waals surface area contributed by atoms with Crippen molar-refractivity contribution in [1.82, 2.24) is 0 Å². The number of carbonyl (C=O) groups excluding carboxylic acids is 2. The normalized spacial score (nSPS) is 32.4. The molecule has 0 unspecified atom stereocenters. The van der Waals surface area contributed by atoms with Crippen molar-refractivity contribution in [3.63, 3.8) is 0 Å². The Hall–Kier alpha value is -1.88. The lowest BCUT2D eigenvalue weighted by Gasteiger charge is -2.50. The van der Waals surface area contributed by atoms with Crippen LogP contribution in [0.25, 0.3) is 0 Å². The Kier molecular flexibility index (Phi) is 3.95. The number of fused-ring (bicyclic) bond motifs is 1. The molecule has 4 atom stereocenters. The van der Waals surface area contributed by atoms with Gasteiger partial charge in [-0.2, -0.15) is 0 Å². The van der Waals surface area contributed by atoms with E-state index in [1.54, 1.807) is 6.07 Å². The van der Waals surface area contributed by atoms with Crippen molar-refractivity contribution in [2.24, 2.45) is 11.8 Å². The molecule has 0 saturated carbocycles. The van der Waals surface area contributed by atoms with Gasteiger partial charge < -0.3 is 14.6 Å². The molecule has 2 heterocycles. The predicted molar refractivity (Wildman–Crippen MR) is 88.4 cm³/mol. The maximum atomic E-state index is 12.4. The third-order valence-corrected chi connectivity index (χ3v) is 5.33. The standard InChI is InChI=1S/C19H24O5/c1-9-6-14(13(5)20)17(22)15-7-10(2)19(24-18(9)15)12(4)16(21)8-11(3)23-19/h6,10-12,22H,7-8H2,1-5H3/t10-,11-,12-,19-/m0/s1. The van der Waals surface area contributed by atoms with Gasteiger partial charge in [-0.25, -0.2) is 0 Å². The highest BCUT2D eigenvalue weighted by atomic mass is 16.7. The summed E-state index contributed by atoms with van der Waals surface area (Å²) in [4.78, 5) is 24.1. The third-order valence-electron chi connectivity index (χ3n) is 5.33. The van der Waals surface area contributed by atoms with Gasteiger partial charge in [0.1, 0.15) is 17.3 Å². The molecule has 0 aromatic heterocycles. The van der Waals surface area contributed by atoms with Crippen LogP contribution in [0, 0.1) is 18.8 Å². The Morgan fingerprint density at radius 2 is 1.96 bits per heavy atom. The largest absolute Gasteiger partial charge is 0.507 e. The minimum atomic E-state index is -1.02. The molecule has 2 aliphatic heterocycles. The quantitative estimate of drug-likeness (QED) is 0.800. The van der Waals surface area contributed by atoms with Gasteiger partial charge in [0.15, 0.2) is 5.78 Å². The maximum absolute atomic E-state index is 12.4. The summed E-state index contributed by atoms with van der Waals surface area (Å²) in [5, 5.41) is 10.5. The molecular weight excluding hydrogens is 308 g/mol. The predicted octanol–water partition coefficient (Wildman–Crippen LogP) is 3.18. The second-order valence-electron chi connectivity index (χ2n) is 7.20. The van der Waals surface area contributed by atoms with Crippen molar-refractivity contribution in [3.8, 4) is 11.5 Å². The highest BCUT2D eigenvalue weighted by Crippen LogP contribution is 2.49. The lowest BCUT2D eigenvalue weighted by Crippen LogP contribution is -2.60. The molecule has 1 saturated heterocycles. The monoisotopic (exact) mass is 332 g/mol. The molecule has 5 heteroatoms. The lowest BCUT2D eigenvalue weighted by atomic mass is 9.76. The first-order valence-corrected chi connectivity index (χ1v) is 8.43. The number of hydrogen-bond acceptors (Lipinski definition) is 5. The number of Topliss-reactive ketones (excluding diaryl/α,β-unsaturated/α-hetero) is 2. The van der Waals surface area contributed by atoms with Crippen molar-refractivity contribution < 1.29 is 24.2 Å². The van der Waals surface area contributed by atoms with Crippen LogP contribution in [-0.4, -0.2) is 28.6 Å². The lowest BCUT2D eigenvalue weighted by molar-refractivity contribution is -0.278. The van der Waals surface area contributed by atoms with Gasteiger partial charge in [-0.15, -0.1) is 0 Å². The third kappa shape index (κ3) is 2.34. The molecule has 0 bridgehead atoms. The second-order valence-corrected chi connectivity index (χ2v) is 7.20. The van der Waals surface area contributed by atoms with Crippen molar-refractivity contribution in [3.05, 3.63) is 22.8 Å². The number of hydrogen-bond donors (Lipinski definition) is 1. The van der Waals surface area contributed by atoms with E-state index < -0.39 is 5.79 Å². The molecule has 3 rings (SSSR count). The summed E-state index contributed by atoms with van der Waals surface area (Å²) in [6, 6.07) is 1.64. The summed E-state index contributed by atoms with van der Waals surface area (Å²) in [6.07, 6.45) is 0.676. The zero-order chi connectivity index (χ0) is 17.8. The molecule has 0 aliphatic carbocycles. The van der Waals surface area contributed by atoms with Crippen LogP contribution < -0.4 is 4.74 Å². The van der Waals surface area contributed by atoms with Gasteiger partial charge in [-0.05, 0) is 45.7 Å². The molecule has 0 amide bonds. The number of ether oxygens (including phenoxy) is 2. The van der Waals surface area contributed by atoms with E-state index in [1.165, 1.54) is 6.92 Å². The Morgan fingerprint density at radius 1 is 1.29 bits per heavy atom. The summed E-state index contributed by atoms with van der Waals surface area (Å²) < 4.78 is 12.4. The van der Waals surface area contributed by atoms with Gasteiger partial charge in [0.2, 0.25) is 5.79 Å². The Bertz CT molecular complexity index is 723. The SMILES string of the molecule is CC(=O)c1cc(C)c2c(c1O)C[C@H](C)[C@@]1(O2)O[C@@H](C)CC(=O)[C@@H]1C. The van der Waals surface area contributed by atoms with Gasteiger partial charge in [0.05, 0.1) is 17.6 Å². The van der Waals surface area contributed by atoms with Crippen molar-refractivity contribution in [2.75, 3.05) is 0 Å². The molecule has 1 aromatic rings. The highest BCUT2D eigenvalue weighted by Gasteiger charge is 2.55. The van der Waals surface area contributed by atoms with Gasteiger partial charge >= 0.3 is 0 Å². The second kappa shape index (κ2) is 5.59. The number of aryl methyl sites for hydroxylation is 1. The maximum Gasteiger partial charge on any atom is 0.223 e. The van der Waals surface area contributed by atoms with E-state index in [0.29, 0.717) is 29.7 Å². The molecular formula is C19H24O5. The molecule has 24 heavy (non-hydrogen) atoms. The van der Waals surface area contributed by atoms with E-state index >= 15 is 0 Å². The van der Waals surface area contributed by atoms with E-state index in [1.807, 2.05) is 27.7 Å². The number of aromatic hydroxyl groups is 1. The minimum Gasteiger partial charge on any atom is -0.507 e. The van der Waals surface area contributed by atoms with Gasteiger partial charge in [-0.3, -0.25) is 9.59 Å². The first kappa shape index (κ1) is 17.0. The van der Waals surface area contributed by atoms with Crippen LogP contribution >= 0.6 is 0 Å². The molecule has 1 aromatic carbocycles.